The third-order valence-corrected chi connectivity index (χ3v) is 6.11. The molecular formula is C24H46N4O6S. The summed E-state index contributed by atoms with van der Waals surface area (Å²) in [7, 11) is 1.66. The van der Waals surface area contributed by atoms with E-state index in [2.05, 4.69) is 29.9 Å². The number of nitrogens with one attached hydrogen (secondary N) is 3. The smallest absolute Gasteiger partial charge is 0.303 e. The van der Waals surface area contributed by atoms with Crippen LogP contribution in [0.5, 0.6) is 0 Å². The third-order valence-electron chi connectivity index (χ3n) is 4.64. The predicted molar refractivity (Wildman–Crippen MR) is 139 cm³/mol. The summed E-state index contributed by atoms with van der Waals surface area (Å²) in [6.45, 7) is 14.6. The van der Waals surface area contributed by atoms with Gasteiger partial charge in [0.15, 0.2) is 0 Å². The molecule has 0 bridgehead atoms. The first kappa shape index (κ1) is 33.1. The summed E-state index contributed by atoms with van der Waals surface area (Å²) >= 11 is 1.55. The number of thioether (sulfide) groups is 1. The monoisotopic (exact) mass is 518 g/mol. The van der Waals surface area contributed by atoms with Gasteiger partial charge in [-0.2, -0.15) is 16.8 Å². The van der Waals surface area contributed by atoms with Crippen LogP contribution in [0.25, 0.3) is 0 Å². The van der Waals surface area contributed by atoms with Crippen molar-refractivity contribution in [3.63, 3.8) is 0 Å². The SMILES string of the molecule is CC(C)CSC[C@H](NC(=O)CCC(=O)O)C(=O)NN(C)COC(C)(C)CCNC(=O)CC(C)(C)C. The minimum absolute atomic E-state index is 0.00413. The standard InChI is InChI=1S/C24H46N4O6S/c1-17(2)14-35-15-18(26-19(29)9-10-21(31)32)22(33)27-28(8)16-34-24(6,7)11-12-25-20(30)13-23(3,4)5/h17-18H,9-16H2,1-8H3,(H,25,30)(H,26,29)(H,27,33)(H,31,32)/t18-/m0/s1. The predicted octanol–water partition coefficient (Wildman–Crippen LogP) is 2.38. The minimum atomic E-state index is -1.07. The summed E-state index contributed by atoms with van der Waals surface area (Å²) in [6.07, 6.45) is 0.567. The van der Waals surface area contributed by atoms with Crippen molar-refractivity contribution in [2.24, 2.45) is 11.3 Å². The van der Waals surface area contributed by atoms with Gasteiger partial charge in [-0.25, -0.2) is 0 Å². The maximum absolute atomic E-state index is 12.8. The molecule has 0 heterocycles. The molecule has 0 aliphatic heterocycles. The zero-order valence-electron chi connectivity index (χ0n) is 22.7. The van der Waals surface area contributed by atoms with Crippen LogP contribution in [-0.2, 0) is 23.9 Å². The van der Waals surface area contributed by atoms with Crippen molar-refractivity contribution >= 4 is 35.5 Å². The van der Waals surface area contributed by atoms with Gasteiger partial charge in [-0.05, 0) is 37.4 Å². The van der Waals surface area contributed by atoms with E-state index in [9.17, 15) is 19.2 Å². The third kappa shape index (κ3) is 19.1. The number of carboxylic acid groups (broad SMARTS) is 1. The van der Waals surface area contributed by atoms with Crippen molar-refractivity contribution in [1.82, 2.24) is 21.1 Å². The molecule has 3 amide bonds. The largest absolute Gasteiger partial charge is 0.481 e. The van der Waals surface area contributed by atoms with Gasteiger partial charge in [0.05, 0.1) is 12.0 Å². The molecule has 11 heteroatoms. The molecule has 0 aromatic rings. The van der Waals surface area contributed by atoms with Gasteiger partial charge in [-0.3, -0.25) is 24.6 Å². The van der Waals surface area contributed by atoms with Crippen LogP contribution in [0.2, 0.25) is 0 Å². The molecule has 0 unspecified atom stereocenters. The Kier molecular flexibility index (Phi) is 15.2. The van der Waals surface area contributed by atoms with Crippen LogP contribution in [0, 0.1) is 11.3 Å². The molecule has 0 rings (SSSR count). The molecule has 0 aliphatic carbocycles. The van der Waals surface area contributed by atoms with Gasteiger partial charge in [0.25, 0.3) is 5.91 Å². The number of rotatable bonds is 17. The quantitative estimate of drug-likeness (QED) is 0.170. The van der Waals surface area contributed by atoms with E-state index in [0.29, 0.717) is 31.1 Å². The fourth-order valence-corrected chi connectivity index (χ4v) is 3.86. The molecule has 0 radical (unpaired) electrons. The Hall–Kier alpha value is -1.85. The first-order valence-corrected chi connectivity index (χ1v) is 13.2. The van der Waals surface area contributed by atoms with E-state index in [0.717, 1.165) is 5.75 Å². The van der Waals surface area contributed by atoms with Crippen molar-refractivity contribution < 1.29 is 29.0 Å². The summed E-state index contributed by atoms with van der Waals surface area (Å²) in [5, 5.41) is 15.8. The first-order valence-electron chi connectivity index (χ1n) is 12.0. The second kappa shape index (κ2) is 16.0. The molecule has 0 aromatic heterocycles. The number of carboxylic acids is 1. The maximum Gasteiger partial charge on any atom is 0.303 e. The number of nitrogens with zero attached hydrogens (tertiary/aromatic N) is 1. The highest BCUT2D eigenvalue weighted by molar-refractivity contribution is 7.99. The van der Waals surface area contributed by atoms with Crippen LogP contribution >= 0.6 is 11.8 Å². The molecule has 0 aliphatic rings. The van der Waals surface area contributed by atoms with Gasteiger partial charge < -0.3 is 20.5 Å². The lowest BCUT2D eigenvalue weighted by Crippen LogP contribution is -2.53. The lowest BCUT2D eigenvalue weighted by atomic mass is 9.92. The Balaban J connectivity index is 4.67. The van der Waals surface area contributed by atoms with Gasteiger partial charge in [0.1, 0.15) is 12.8 Å². The molecule has 1 atom stereocenters. The maximum atomic E-state index is 12.8. The normalized spacial score (nSPS) is 13.0. The molecule has 204 valence electrons. The molecule has 0 saturated carbocycles. The van der Waals surface area contributed by atoms with Crippen LogP contribution in [-0.4, -0.2) is 77.3 Å². The van der Waals surface area contributed by atoms with E-state index >= 15 is 0 Å². The van der Waals surface area contributed by atoms with E-state index in [1.807, 2.05) is 34.6 Å². The average molecular weight is 519 g/mol. The average Bonchev–Trinajstić information content (AvgIpc) is 2.68. The van der Waals surface area contributed by atoms with Crippen molar-refractivity contribution in [2.45, 2.75) is 85.8 Å². The van der Waals surface area contributed by atoms with E-state index in [1.165, 1.54) is 5.01 Å². The van der Waals surface area contributed by atoms with E-state index in [-0.39, 0.29) is 30.9 Å². The lowest BCUT2D eigenvalue weighted by molar-refractivity contribution is -0.139. The number of ether oxygens (including phenoxy) is 1. The molecule has 0 fully saturated rings. The van der Waals surface area contributed by atoms with Gasteiger partial charge in [-0.1, -0.05) is 34.6 Å². The van der Waals surface area contributed by atoms with Crippen molar-refractivity contribution in [2.75, 3.05) is 31.8 Å². The van der Waals surface area contributed by atoms with Gasteiger partial charge >= 0.3 is 5.97 Å². The summed E-state index contributed by atoms with van der Waals surface area (Å²) < 4.78 is 5.92. The molecule has 0 saturated heterocycles. The number of carbonyl (C=O) groups excluding carboxylic acids is 3. The Labute approximate surface area is 214 Å². The second-order valence-electron chi connectivity index (χ2n) is 11.0. The zero-order valence-corrected chi connectivity index (χ0v) is 23.5. The van der Waals surface area contributed by atoms with Crippen LogP contribution in [0.1, 0.15) is 74.1 Å². The number of carbonyl (C=O) groups is 4. The Morgan fingerprint density at radius 2 is 1.63 bits per heavy atom. The first-order chi connectivity index (χ1) is 16.0. The van der Waals surface area contributed by atoms with E-state index in [1.54, 1.807) is 18.8 Å². The van der Waals surface area contributed by atoms with Gasteiger partial charge in [0, 0.05) is 32.2 Å². The Bertz CT molecular complexity index is 694. The second-order valence-corrected chi connectivity index (χ2v) is 12.1. The van der Waals surface area contributed by atoms with Crippen molar-refractivity contribution in [3.8, 4) is 0 Å². The molecular weight excluding hydrogens is 472 g/mol. The summed E-state index contributed by atoms with van der Waals surface area (Å²) in [4.78, 5) is 47.6. The molecule has 0 spiro atoms. The number of aliphatic carboxylic acids is 1. The zero-order chi connectivity index (χ0) is 27.2. The Morgan fingerprint density at radius 1 is 1.00 bits per heavy atom. The Morgan fingerprint density at radius 3 is 2.17 bits per heavy atom. The van der Waals surface area contributed by atoms with Crippen molar-refractivity contribution in [1.29, 1.82) is 0 Å². The van der Waals surface area contributed by atoms with Crippen LogP contribution < -0.4 is 16.1 Å². The summed E-state index contributed by atoms with van der Waals surface area (Å²) in [6, 6.07) is -0.798. The van der Waals surface area contributed by atoms with E-state index < -0.39 is 29.4 Å². The molecule has 4 N–H and O–H groups in total. The molecule has 35 heavy (non-hydrogen) atoms. The number of hydrogen-bond acceptors (Lipinski definition) is 7. The summed E-state index contributed by atoms with van der Waals surface area (Å²) in [5.41, 5.74) is 2.11. The summed E-state index contributed by atoms with van der Waals surface area (Å²) in [5.74, 6) is -0.309. The highest BCUT2D eigenvalue weighted by Crippen LogP contribution is 2.18. The topological polar surface area (TPSA) is 137 Å². The fraction of sp³-hybridized carbons (Fsp3) is 0.833. The highest BCUT2D eigenvalue weighted by atomic mass is 32.2. The number of hydrazine groups is 1. The van der Waals surface area contributed by atoms with Crippen LogP contribution in [0.4, 0.5) is 0 Å². The lowest BCUT2D eigenvalue weighted by Gasteiger charge is -2.29. The number of amides is 3. The van der Waals surface area contributed by atoms with E-state index in [4.69, 9.17) is 9.84 Å². The molecule has 10 nitrogen and oxygen atoms in total. The van der Waals surface area contributed by atoms with Gasteiger partial charge in [0.2, 0.25) is 11.8 Å². The minimum Gasteiger partial charge on any atom is -0.481 e. The van der Waals surface area contributed by atoms with Crippen LogP contribution in [0.15, 0.2) is 0 Å². The van der Waals surface area contributed by atoms with Crippen molar-refractivity contribution in [3.05, 3.63) is 0 Å². The van der Waals surface area contributed by atoms with Crippen LogP contribution in [0.3, 0.4) is 0 Å². The fourth-order valence-electron chi connectivity index (χ4n) is 2.78. The highest BCUT2D eigenvalue weighted by Gasteiger charge is 2.24. The van der Waals surface area contributed by atoms with Gasteiger partial charge in [-0.15, -0.1) is 0 Å². The number of hydrogen-bond donors (Lipinski definition) is 4. The molecule has 0 aromatic carbocycles.